The first-order valence-corrected chi connectivity index (χ1v) is 5.12. The van der Waals surface area contributed by atoms with Crippen LogP contribution in [0.2, 0.25) is 0 Å². The van der Waals surface area contributed by atoms with Crippen LogP contribution in [0.15, 0.2) is 0 Å². The Morgan fingerprint density at radius 2 is 2.00 bits per heavy atom. The van der Waals surface area contributed by atoms with Gasteiger partial charge in [0.2, 0.25) is 5.91 Å². The van der Waals surface area contributed by atoms with Gasteiger partial charge >= 0.3 is 0 Å². The maximum atomic E-state index is 11.6. The molecule has 0 radical (unpaired) electrons. The van der Waals surface area contributed by atoms with E-state index in [9.17, 15) is 4.79 Å². The van der Waals surface area contributed by atoms with Crippen LogP contribution in [0.25, 0.3) is 0 Å². The molecular weight excluding hydrogens is 182 g/mol. The van der Waals surface area contributed by atoms with E-state index < -0.39 is 5.54 Å². The molecule has 14 heavy (non-hydrogen) atoms. The summed E-state index contributed by atoms with van der Waals surface area (Å²) in [5.74, 6) is 0.489. The van der Waals surface area contributed by atoms with E-state index in [0.29, 0.717) is 12.3 Å². The van der Waals surface area contributed by atoms with Crippen LogP contribution >= 0.6 is 0 Å². The lowest BCUT2D eigenvalue weighted by atomic mass is 9.98. The highest BCUT2D eigenvalue weighted by molar-refractivity contribution is 5.82. The average molecular weight is 201 g/mol. The summed E-state index contributed by atoms with van der Waals surface area (Å²) in [4.78, 5) is 11.6. The van der Waals surface area contributed by atoms with Crippen molar-refractivity contribution in [1.29, 1.82) is 0 Å². The number of carbonyl (C=O) groups is 1. The number of aliphatic hydroxyl groups excluding tert-OH is 2. The number of hydrogen-bond acceptors (Lipinski definition) is 3. The number of carbonyl (C=O) groups excluding carboxylic acids is 1. The molecule has 0 bridgehead atoms. The van der Waals surface area contributed by atoms with E-state index in [-0.39, 0.29) is 25.0 Å². The molecule has 4 nitrogen and oxygen atoms in total. The van der Waals surface area contributed by atoms with Crippen LogP contribution in [-0.4, -0.2) is 34.9 Å². The molecule has 0 aromatic heterocycles. The summed E-state index contributed by atoms with van der Waals surface area (Å²) < 4.78 is 0. The number of amides is 1. The second-order valence-electron chi connectivity index (χ2n) is 4.26. The predicted molar refractivity (Wildman–Crippen MR) is 52.6 cm³/mol. The van der Waals surface area contributed by atoms with E-state index in [1.807, 2.05) is 13.8 Å². The summed E-state index contributed by atoms with van der Waals surface area (Å²) in [6, 6.07) is 0. The van der Waals surface area contributed by atoms with Gasteiger partial charge in [-0.25, -0.2) is 0 Å². The van der Waals surface area contributed by atoms with Crippen molar-refractivity contribution in [2.75, 3.05) is 13.2 Å². The highest BCUT2D eigenvalue weighted by Crippen LogP contribution is 2.38. The molecule has 2 unspecified atom stereocenters. The SMILES string of the molecule is CCC(CO)(CO)NC(=O)C1CC1C. The molecule has 0 aromatic carbocycles. The van der Waals surface area contributed by atoms with Crippen LogP contribution < -0.4 is 5.32 Å². The van der Waals surface area contributed by atoms with Gasteiger partial charge in [0.1, 0.15) is 0 Å². The first kappa shape index (κ1) is 11.5. The van der Waals surface area contributed by atoms with Gasteiger partial charge in [-0.15, -0.1) is 0 Å². The Balaban J connectivity index is 2.50. The van der Waals surface area contributed by atoms with Crippen LogP contribution in [0.4, 0.5) is 0 Å². The molecule has 3 N–H and O–H groups in total. The fourth-order valence-corrected chi connectivity index (χ4v) is 1.48. The van der Waals surface area contributed by atoms with Gasteiger partial charge in [-0.05, 0) is 18.8 Å². The normalized spacial score (nSPS) is 26.0. The van der Waals surface area contributed by atoms with E-state index >= 15 is 0 Å². The van der Waals surface area contributed by atoms with Gasteiger partial charge in [0.15, 0.2) is 0 Å². The van der Waals surface area contributed by atoms with Crippen molar-refractivity contribution in [2.45, 2.75) is 32.2 Å². The number of nitrogens with one attached hydrogen (secondary N) is 1. The second kappa shape index (κ2) is 4.28. The van der Waals surface area contributed by atoms with Crippen LogP contribution in [0, 0.1) is 11.8 Å². The molecule has 1 saturated carbocycles. The summed E-state index contributed by atoms with van der Waals surface area (Å²) in [5.41, 5.74) is -0.834. The minimum Gasteiger partial charge on any atom is -0.394 e. The monoisotopic (exact) mass is 201 g/mol. The number of hydrogen-bond donors (Lipinski definition) is 3. The summed E-state index contributed by atoms with van der Waals surface area (Å²) in [5, 5.41) is 21.0. The van der Waals surface area contributed by atoms with Crippen molar-refractivity contribution < 1.29 is 15.0 Å². The minimum absolute atomic E-state index is 0.0394. The molecule has 4 heteroatoms. The summed E-state index contributed by atoms with van der Waals surface area (Å²) >= 11 is 0. The van der Waals surface area contributed by atoms with Crippen molar-refractivity contribution in [1.82, 2.24) is 5.32 Å². The summed E-state index contributed by atoms with van der Waals surface area (Å²) in [6.07, 6.45) is 1.45. The second-order valence-corrected chi connectivity index (χ2v) is 4.26. The van der Waals surface area contributed by atoms with E-state index in [1.165, 1.54) is 0 Å². The highest BCUT2D eigenvalue weighted by Gasteiger charge is 2.42. The first-order valence-electron chi connectivity index (χ1n) is 5.12. The van der Waals surface area contributed by atoms with Crippen LogP contribution in [0.5, 0.6) is 0 Å². The maximum absolute atomic E-state index is 11.6. The Morgan fingerprint density at radius 1 is 1.50 bits per heavy atom. The van der Waals surface area contributed by atoms with Gasteiger partial charge in [-0.2, -0.15) is 0 Å². The van der Waals surface area contributed by atoms with Gasteiger partial charge in [-0.1, -0.05) is 13.8 Å². The van der Waals surface area contributed by atoms with Gasteiger partial charge in [0.25, 0.3) is 0 Å². The zero-order valence-electron chi connectivity index (χ0n) is 8.79. The van der Waals surface area contributed by atoms with E-state index in [2.05, 4.69) is 5.32 Å². The third-order valence-corrected chi connectivity index (χ3v) is 3.12. The summed E-state index contributed by atoms with van der Waals surface area (Å²) in [7, 11) is 0. The largest absolute Gasteiger partial charge is 0.394 e. The third kappa shape index (κ3) is 2.25. The summed E-state index contributed by atoms with van der Waals surface area (Å²) in [6.45, 7) is 3.43. The van der Waals surface area contributed by atoms with Gasteiger partial charge in [-0.3, -0.25) is 4.79 Å². The molecule has 1 aliphatic rings. The molecule has 0 saturated heterocycles. The molecular formula is C10H19NO3. The highest BCUT2D eigenvalue weighted by atomic mass is 16.3. The Hall–Kier alpha value is -0.610. The Morgan fingerprint density at radius 3 is 2.29 bits per heavy atom. The fourth-order valence-electron chi connectivity index (χ4n) is 1.48. The lowest BCUT2D eigenvalue weighted by Gasteiger charge is -2.29. The standard InChI is InChI=1S/C10H19NO3/c1-3-10(5-12,6-13)11-9(14)8-4-7(8)2/h7-8,12-13H,3-6H2,1-2H3,(H,11,14). The molecule has 82 valence electrons. The lowest BCUT2D eigenvalue weighted by molar-refractivity contribution is -0.126. The van der Waals surface area contributed by atoms with Gasteiger partial charge in [0, 0.05) is 5.92 Å². The average Bonchev–Trinajstić information content (AvgIpc) is 2.92. The molecule has 1 amide bonds. The van der Waals surface area contributed by atoms with Crippen LogP contribution in [0.1, 0.15) is 26.7 Å². The molecule has 1 aliphatic carbocycles. The van der Waals surface area contributed by atoms with Crippen LogP contribution in [0.3, 0.4) is 0 Å². The topological polar surface area (TPSA) is 69.6 Å². The smallest absolute Gasteiger partial charge is 0.223 e. The van der Waals surface area contributed by atoms with Gasteiger partial charge in [0.05, 0.1) is 18.8 Å². The molecule has 0 spiro atoms. The number of rotatable bonds is 5. The van der Waals surface area contributed by atoms with Crippen molar-refractivity contribution in [2.24, 2.45) is 11.8 Å². The first-order chi connectivity index (χ1) is 6.58. The van der Waals surface area contributed by atoms with Crippen molar-refractivity contribution in [3.63, 3.8) is 0 Å². The number of aliphatic hydroxyl groups is 2. The zero-order chi connectivity index (χ0) is 10.8. The molecule has 0 heterocycles. The maximum Gasteiger partial charge on any atom is 0.223 e. The Kier molecular flexibility index (Phi) is 3.50. The quantitative estimate of drug-likeness (QED) is 0.581. The molecule has 0 aliphatic heterocycles. The minimum atomic E-state index is -0.834. The predicted octanol–water partition coefficient (Wildman–Crippen LogP) is -0.108. The van der Waals surface area contributed by atoms with E-state index in [0.717, 1.165) is 6.42 Å². The van der Waals surface area contributed by atoms with E-state index in [4.69, 9.17) is 10.2 Å². The van der Waals surface area contributed by atoms with Crippen molar-refractivity contribution in [3.05, 3.63) is 0 Å². The Labute approximate surface area is 84.3 Å². The lowest BCUT2D eigenvalue weighted by Crippen LogP contribution is -2.54. The van der Waals surface area contributed by atoms with E-state index in [1.54, 1.807) is 0 Å². The fraction of sp³-hybridized carbons (Fsp3) is 0.900. The van der Waals surface area contributed by atoms with Crippen LogP contribution in [-0.2, 0) is 4.79 Å². The molecule has 1 rings (SSSR count). The zero-order valence-corrected chi connectivity index (χ0v) is 8.79. The molecule has 2 atom stereocenters. The van der Waals surface area contributed by atoms with Gasteiger partial charge < -0.3 is 15.5 Å². The van der Waals surface area contributed by atoms with Crippen molar-refractivity contribution in [3.8, 4) is 0 Å². The Bertz CT molecular complexity index is 205. The van der Waals surface area contributed by atoms with Crippen molar-refractivity contribution >= 4 is 5.91 Å². The molecule has 1 fully saturated rings. The third-order valence-electron chi connectivity index (χ3n) is 3.12. The molecule has 0 aromatic rings.